The second-order valence-corrected chi connectivity index (χ2v) is 14.2. The molecule has 50 heavy (non-hydrogen) atoms. The summed E-state index contributed by atoms with van der Waals surface area (Å²) in [6.07, 6.45) is 0.732. The van der Waals surface area contributed by atoms with Crippen molar-refractivity contribution in [3.05, 3.63) is 87.8 Å². The van der Waals surface area contributed by atoms with E-state index in [1.54, 1.807) is 9.80 Å². The largest absolute Gasteiger partial charge is 0.490 e. The number of alkyl halides is 2. The predicted octanol–water partition coefficient (Wildman–Crippen LogP) is 7.79. The summed E-state index contributed by atoms with van der Waals surface area (Å²) in [5.41, 5.74) is 5.45. The number of amides is 1. The Labute approximate surface area is 294 Å². The number of hydrogen-bond donors (Lipinski definition) is 0. The number of thiazole rings is 1. The molecule has 2 aromatic carbocycles. The number of pyridine rings is 1. The fraction of sp³-hybridized carbons (Fsp3) is 0.324. The van der Waals surface area contributed by atoms with Crippen LogP contribution in [0.2, 0.25) is 0 Å². The number of thiophene rings is 1. The van der Waals surface area contributed by atoms with Gasteiger partial charge in [0, 0.05) is 71.4 Å². The zero-order valence-electron chi connectivity index (χ0n) is 27.3. The van der Waals surface area contributed by atoms with Gasteiger partial charge in [-0.1, -0.05) is 18.7 Å². The fourth-order valence-corrected chi connectivity index (χ4v) is 8.75. The molecule has 0 aliphatic carbocycles. The maximum absolute atomic E-state index is 16.1. The van der Waals surface area contributed by atoms with E-state index in [1.807, 2.05) is 23.6 Å². The second-order valence-electron chi connectivity index (χ2n) is 12.2. The van der Waals surface area contributed by atoms with Crippen molar-refractivity contribution in [2.45, 2.75) is 32.2 Å². The molecule has 1 amide bonds. The molecule has 0 unspecified atom stereocenters. The Morgan fingerprint density at radius 3 is 2.60 bits per heavy atom. The van der Waals surface area contributed by atoms with E-state index in [0.717, 1.165) is 43.4 Å². The molecule has 0 atom stereocenters. The standard InChI is InChI=1S/C37H34F4N4O3S2/c1-3-31(46)45-12-8-27-29(19-45)50-37(42-27)35-33(32-26(39)17-24(38)18-28(32)48-14-13-47-2)36-25(9-15-49-36)34(43-35)23-5-4-21-6-10-44(20-30(40)41)11-7-22(21)16-23/h3-5,9,15-18,30H,1,6-8,10-14,19-20H2,2H3. The minimum atomic E-state index is -2.39. The number of fused-ring (bicyclic) bond motifs is 3. The molecule has 13 heteroatoms. The number of hydrogen-bond acceptors (Lipinski definition) is 8. The topological polar surface area (TPSA) is 67.8 Å². The zero-order valence-corrected chi connectivity index (χ0v) is 28.9. The molecule has 0 spiro atoms. The van der Waals surface area contributed by atoms with Crippen LogP contribution in [-0.4, -0.2) is 78.6 Å². The van der Waals surface area contributed by atoms with Gasteiger partial charge < -0.3 is 14.4 Å². The fourth-order valence-electron chi connectivity index (χ4n) is 6.68. The van der Waals surface area contributed by atoms with Crippen molar-refractivity contribution in [3.63, 3.8) is 0 Å². The summed E-state index contributed by atoms with van der Waals surface area (Å²) in [6.45, 7) is 5.60. The van der Waals surface area contributed by atoms with E-state index >= 15 is 4.39 Å². The summed E-state index contributed by atoms with van der Waals surface area (Å²) in [6, 6.07) is 10.1. The highest BCUT2D eigenvalue weighted by Crippen LogP contribution is 2.48. The zero-order chi connectivity index (χ0) is 34.9. The van der Waals surface area contributed by atoms with E-state index in [9.17, 15) is 18.0 Å². The number of ether oxygens (including phenoxy) is 2. The number of rotatable bonds is 10. The van der Waals surface area contributed by atoms with Crippen molar-refractivity contribution in [3.8, 4) is 38.8 Å². The molecule has 7 rings (SSSR count). The maximum Gasteiger partial charge on any atom is 0.251 e. The van der Waals surface area contributed by atoms with Crippen molar-refractivity contribution in [2.24, 2.45) is 0 Å². The molecule has 2 aliphatic heterocycles. The first-order chi connectivity index (χ1) is 24.2. The van der Waals surface area contributed by atoms with Crippen LogP contribution in [0.15, 0.2) is 54.4 Å². The van der Waals surface area contributed by atoms with Gasteiger partial charge in [0.1, 0.15) is 34.7 Å². The maximum atomic E-state index is 16.1. The summed E-state index contributed by atoms with van der Waals surface area (Å²) in [7, 11) is 1.52. The van der Waals surface area contributed by atoms with Gasteiger partial charge in [0.2, 0.25) is 5.91 Å². The van der Waals surface area contributed by atoms with Gasteiger partial charge in [-0.2, -0.15) is 0 Å². The molecule has 0 N–H and O–H groups in total. The van der Waals surface area contributed by atoms with Crippen molar-refractivity contribution in [1.82, 2.24) is 19.8 Å². The molecular formula is C37H34F4N4O3S2. The molecule has 5 heterocycles. The van der Waals surface area contributed by atoms with Crippen molar-refractivity contribution in [1.29, 1.82) is 0 Å². The quantitative estimate of drug-likeness (QED) is 0.0834. The Hall–Kier alpha value is -4.17. The highest BCUT2D eigenvalue weighted by molar-refractivity contribution is 7.18. The van der Waals surface area contributed by atoms with Gasteiger partial charge in [-0.3, -0.25) is 9.69 Å². The smallest absolute Gasteiger partial charge is 0.251 e. The number of aromatic nitrogens is 2. The lowest BCUT2D eigenvalue weighted by Gasteiger charge is -2.24. The Morgan fingerprint density at radius 2 is 1.82 bits per heavy atom. The van der Waals surface area contributed by atoms with E-state index in [2.05, 4.69) is 12.6 Å². The van der Waals surface area contributed by atoms with Crippen LogP contribution in [0, 0.1) is 11.6 Å². The van der Waals surface area contributed by atoms with Crippen molar-refractivity contribution >= 4 is 38.7 Å². The first-order valence-corrected chi connectivity index (χ1v) is 18.0. The van der Waals surface area contributed by atoms with Gasteiger partial charge in [0.25, 0.3) is 6.43 Å². The van der Waals surface area contributed by atoms with Crippen LogP contribution in [-0.2, 0) is 35.3 Å². The van der Waals surface area contributed by atoms with Gasteiger partial charge in [0.15, 0.2) is 0 Å². The van der Waals surface area contributed by atoms with Crippen LogP contribution in [0.3, 0.4) is 0 Å². The van der Waals surface area contributed by atoms with Crippen molar-refractivity contribution < 1.29 is 31.8 Å². The molecular weight excluding hydrogens is 689 g/mol. The number of benzene rings is 2. The molecule has 0 saturated carbocycles. The lowest BCUT2D eigenvalue weighted by atomic mass is 9.95. The van der Waals surface area contributed by atoms with Crippen LogP contribution < -0.4 is 4.74 Å². The molecule has 0 radical (unpaired) electrons. The number of carbonyl (C=O) groups is 1. The highest BCUT2D eigenvalue weighted by Gasteiger charge is 2.30. The molecule has 260 valence electrons. The van der Waals surface area contributed by atoms with E-state index in [1.165, 1.54) is 41.9 Å². The van der Waals surface area contributed by atoms with Crippen LogP contribution >= 0.6 is 22.7 Å². The Kier molecular flexibility index (Phi) is 10.0. The summed E-state index contributed by atoms with van der Waals surface area (Å²) < 4.78 is 68.9. The Balaban J connectivity index is 1.41. The number of nitrogens with zero attached hydrogens (tertiary/aromatic N) is 4. The molecule has 7 nitrogen and oxygen atoms in total. The Bertz CT molecular complexity index is 2080. The third-order valence-corrected chi connectivity index (χ3v) is 11.1. The lowest BCUT2D eigenvalue weighted by molar-refractivity contribution is -0.126. The summed E-state index contributed by atoms with van der Waals surface area (Å²) in [5, 5.41) is 3.23. The lowest BCUT2D eigenvalue weighted by Crippen LogP contribution is -2.34. The molecule has 2 aliphatic rings. The average molecular weight is 723 g/mol. The molecule has 5 aromatic rings. The van der Waals surface area contributed by atoms with E-state index < -0.39 is 18.1 Å². The number of methoxy groups -OCH3 is 1. The summed E-state index contributed by atoms with van der Waals surface area (Å²) in [4.78, 5) is 27.1. The first kappa shape index (κ1) is 34.3. The minimum Gasteiger partial charge on any atom is -0.490 e. The second kappa shape index (κ2) is 14.6. The predicted molar refractivity (Wildman–Crippen MR) is 188 cm³/mol. The third kappa shape index (κ3) is 6.79. The normalized spacial score (nSPS) is 14.9. The van der Waals surface area contributed by atoms with Crippen molar-refractivity contribution in [2.75, 3.05) is 46.5 Å². The molecule has 0 bridgehead atoms. The minimum absolute atomic E-state index is 0.0208. The van der Waals surface area contributed by atoms with Gasteiger partial charge in [-0.05, 0) is 47.6 Å². The molecule has 0 saturated heterocycles. The molecule has 3 aromatic heterocycles. The van der Waals surface area contributed by atoms with Gasteiger partial charge >= 0.3 is 0 Å². The monoisotopic (exact) mass is 722 g/mol. The van der Waals surface area contributed by atoms with Crippen LogP contribution in [0.1, 0.15) is 21.7 Å². The summed E-state index contributed by atoms with van der Waals surface area (Å²) in [5.74, 6) is -1.72. The van der Waals surface area contributed by atoms with Crippen LogP contribution in [0.4, 0.5) is 17.6 Å². The van der Waals surface area contributed by atoms with E-state index in [-0.39, 0.29) is 37.0 Å². The third-order valence-electron chi connectivity index (χ3n) is 9.11. The highest BCUT2D eigenvalue weighted by atomic mass is 32.1. The summed E-state index contributed by atoms with van der Waals surface area (Å²) >= 11 is 2.80. The van der Waals surface area contributed by atoms with Crippen LogP contribution in [0.25, 0.3) is 43.2 Å². The van der Waals surface area contributed by atoms with E-state index in [0.29, 0.717) is 67.4 Å². The number of carbonyl (C=O) groups excluding carboxylic acids is 1. The van der Waals surface area contributed by atoms with Gasteiger partial charge in [-0.15, -0.1) is 22.7 Å². The SMILES string of the molecule is C=CC(=O)N1CCc2nc(-c3nc(-c4ccc5c(c4)CCN(CC(F)F)CC5)c4ccsc4c3-c3c(F)cc(F)cc3OCCOC)sc2C1. The van der Waals surface area contributed by atoms with Gasteiger partial charge in [-0.25, -0.2) is 27.5 Å². The average Bonchev–Trinajstić information content (AvgIpc) is 3.71. The van der Waals surface area contributed by atoms with E-state index in [4.69, 9.17) is 19.4 Å². The van der Waals surface area contributed by atoms with Gasteiger partial charge in [0.05, 0.1) is 36.6 Å². The first-order valence-electron chi connectivity index (χ1n) is 16.3. The molecule has 0 fully saturated rings. The number of halogens is 4. The van der Waals surface area contributed by atoms with Crippen LogP contribution in [0.5, 0.6) is 5.75 Å². The Morgan fingerprint density at radius 1 is 1.00 bits per heavy atom.